The first-order chi connectivity index (χ1) is 6.31. The molecule has 0 saturated heterocycles. The second-order valence-corrected chi connectivity index (χ2v) is 3.19. The summed E-state index contributed by atoms with van der Waals surface area (Å²) in [6, 6.07) is 6.23. The Hall–Kier alpha value is -1.35. The van der Waals surface area contributed by atoms with Crippen molar-refractivity contribution in [2.45, 2.75) is 19.4 Å². The van der Waals surface area contributed by atoms with Crippen molar-refractivity contribution in [1.29, 1.82) is 0 Å². The largest absolute Gasteiger partial charge is 0.345 e. The van der Waals surface area contributed by atoms with E-state index in [0.717, 1.165) is 17.5 Å². The number of hydrogen-bond donors (Lipinski definition) is 2. The lowest BCUT2D eigenvalue weighted by atomic mass is 10.1. The molecule has 3 nitrogen and oxygen atoms in total. The number of hydrogen-bond acceptors (Lipinski definition) is 2. The second-order valence-electron chi connectivity index (χ2n) is 3.19. The molecule has 2 aromatic rings. The molecule has 0 saturated carbocycles. The molecule has 0 fully saturated rings. The van der Waals surface area contributed by atoms with Gasteiger partial charge in [-0.2, -0.15) is 0 Å². The van der Waals surface area contributed by atoms with Gasteiger partial charge in [-0.25, -0.2) is 4.98 Å². The van der Waals surface area contributed by atoms with Gasteiger partial charge in [-0.1, -0.05) is 13.0 Å². The maximum atomic E-state index is 5.92. The van der Waals surface area contributed by atoms with Crippen molar-refractivity contribution >= 4 is 11.0 Å². The standard InChI is InChI=1S/C10H13N3/c1-2-8(11)7-3-4-9-10(5-7)13-6-12-9/h3-6,8H,2,11H2,1H3,(H,12,13). The molecule has 1 aromatic carbocycles. The number of benzene rings is 1. The number of rotatable bonds is 2. The SMILES string of the molecule is CCC(N)c1ccc2nc[nH]c2c1. The van der Waals surface area contributed by atoms with Crippen LogP contribution in [0.25, 0.3) is 11.0 Å². The van der Waals surface area contributed by atoms with Crippen molar-refractivity contribution in [3.05, 3.63) is 30.1 Å². The first kappa shape index (κ1) is 8.26. The van der Waals surface area contributed by atoms with E-state index in [1.54, 1.807) is 6.33 Å². The number of nitrogens with zero attached hydrogens (tertiary/aromatic N) is 1. The number of aromatic amines is 1. The highest BCUT2D eigenvalue weighted by Crippen LogP contribution is 2.18. The highest BCUT2D eigenvalue weighted by molar-refractivity contribution is 5.75. The van der Waals surface area contributed by atoms with Crippen LogP contribution >= 0.6 is 0 Å². The number of aromatic nitrogens is 2. The van der Waals surface area contributed by atoms with Crippen LogP contribution in [0.1, 0.15) is 24.9 Å². The fourth-order valence-corrected chi connectivity index (χ4v) is 1.42. The molecule has 0 amide bonds. The van der Waals surface area contributed by atoms with Crippen LogP contribution in [0.5, 0.6) is 0 Å². The van der Waals surface area contributed by atoms with Gasteiger partial charge in [0.15, 0.2) is 0 Å². The summed E-state index contributed by atoms with van der Waals surface area (Å²) >= 11 is 0. The van der Waals surface area contributed by atoms with Gasteiger partial charge < -0.3 is 10.7 Å². The second kappa shape index (κ2) is 3.18. The lowest BCUT2D eigenvalue weighted by Gasteiger charge is -2.08. The van der Waals surface area contributed by atoms with Crippen molar-refractivity contribution in [3.8, 4) is 0 Å². The van der Waals surface area contributed by atoms with E-state index >= 15 is 0 Å². The smallest absolute Gasteiger partial charge is 0.0931 e. The number of nitrogens with one attached hydrogen (secondary N) is 1. The zero-order valence-electron chi connectivity index (χ0n) is 7.62. The molecule has 0 spiro atoms. The van der Waals surface area contributed by atoms with Crippen molar-refractivity contribution in [1.82, 2.24) is 9.97 Å². The van der Waals surface area contributed by atoms with Gasteiger partial charge in [0.05, 0.1) is 17.4 Å². The van der Waals surface area contributed by atoms with E-state index in [0.29, 0.717) is 0 Å². The number of fused-ring (bicyclic) bond motifs is 1. The Balaban J connectivity index is 2.48. The maximum Gasteiger partial charge on any atom is 0.0931 e. The third kappa shape index (κ3) is 1.42. The Morgan fingerprint density at radius 2 is 2.38 bits per heavy atom. The number of imidazole rings is 1. The van der Waals surface area contributed by atoms with Crippen molar-refractivity contribution in [2.24, 2.45) is 5.73 Å². The quantitative estimate of drug-likeness (QED) is 0.733. The predicted octanol–water partition coefficient (Wildman–Crippen LogP) is 1.97. The highest BCUT2D eigenvalue weighted by Gasteiger charge is 2.04. The summed E-state index contributed by atoms with van der Waals surface area (Å²) in [5.74, 6) is 0. The maximum absolute atomic E-state index is 5.92. The Kier molecular flexibility index (Phi) is 2.02. The summed E-state index contributed by atoms with van der Waals surface area (Å²) in [7, 11) is 0. The minimum Gasteiger partial charge on any atom is -0.345 e. The molecule has 2 rings (SSSR count). The Labute approximate surface area is 77.0 Å². The van der Waals surface area contributed by atoms with Crippen LogP contribution in [-0.4, -0.2) is 9.97 Å². The van der Waals surface area contributed by atoms with Gasteiger partial charge in [0.2, 0.25) is 0 Å². The lowest BCUT2D eigenvalue weighted by Crippen LogP contribution is -2.08. The van der Waals surface area contributed by atoms with Crippen LogP contribution in [0, 0.1) is 0 Å². The topological polar surface area (TPSA) is 54.7 Å². The van der Waals surface area contributed by atoms with Crippen LogP contribution in [-0.2, 0) is 0 Å². The molecule has 1 heterocycles. The number of nitrogens with two attached hydrogens (primary N) is 1. The zero-order chi connectivity index (χ0) is 9.26. The average molecular weight is 175 g/mol. The summed E-state index contributed by atoms with van der Waals surface area (Å²) in [5, 5.41) is 0. The monoisotopic (exact) mass is 175 g/mol. The summed E-state index contributed by atoms with van der Waals surface area (Å²) in [4.78, 5) is 7.22. The van der Waals surface area contributed by atoms with Gasteiger partial charge in [-0.05, 0) is 24.1 Å². The molecule has 1 atom stereocenters. The number of H-pyrrole nitrogens is 1. The van der Waals surface area contributed by atoms with Gasteiger partial charge in [-0.3, -0.25) is 0 Å². The summed E-state index contributed by atoms with van der Waals surface area (Å²) in [5.41, 5.74) is 9.14. The average Bonchev–Trinajstić information content (AvgIpc) is 2.63. The molecule has 3 heteroatoms. The molecule has 3 N–H and O–H groups in total. The van der Waals surface area contributed by atoms with E-state index < -0.39 is 0 Å². The van der Waals surface area contributed by atoms with E-state index in [1.807, 2.05) is 12.1 Å². The molecule has 0 aliphatic heterocycles. The van der Waals surface area contributed by atoms with Gasteiger partial charge in [0.1, 0.15) is 0 Å². The molecule has 13 heavy (non-hydrogen) atoms. The highest BCUT2D eigenvalue weighted by atomic mass is 14.9. The molecular formula is C10H13N3. The Bertz CT molecular complexity index is 405. The van der Waals surface area contributed by atoms with Crippen LogP contribution in [0.15, 0.2) is 24.5 Å². The van der Waals surface area contributed by atoms with E-state index in [4.69, 9.17) is 5.73 Å². The van der Waals surface area contributed by atoms with Crippen molar-refractivity contribution < 1.29 is 0 Å². The van der Waals surface area contributed by atoms with Crippen LogP contribution in [0.4, 0.5) is 0 Å². The van der Waals surface area contributed by atoms with E-state index in [2.05, 4.69) is 23.0 Å². The van der Waals surface area contributed by atoms with E-state index in [1.165, 1.54) is 5.56 Å². The third-order valence-electron chi connectivity index (χ3n) is 2.31. The fraction of sp³-hybridized carbons (Fsp3) is 0.300. The van der Waals surface area contributed by atoms with Gasteiger partial charge >= 0.3 is 0 Å². The molecule has 1 aromatic heterocycles. The van der Waals surface area contributed by atoms with Crippen molar-refractivity contribution in [2.75, 3.05) is 0 Å². The predicted molar refractivity (Wildman–Crippen MR) is 53.3 cm³/mol. The molecule has 0 bridgehead atoms. The molecular weight excluding hydrogens is 162 g/mol. The van der Waals surface area contributed by atoms with E-state index in [-0.39, 0.29) is 6.04 Å². The van der Waals surface area contributed by atoms with Crippen LogP contribution in [0.3, 0.4) is 0 Å². The normalized spacial score (nSPS) is 13.4. The molecule has 0 aliphatic carbocycles. The van der Waals surface area contributed by atoms with Gasteiger partial charge in [-0.15, -0.1) is 0 Å². The fourth-order valence-electron chi connectivity index (χ4n) is 1.42. The molecule has 0 radical (unpaired) electrons. The first-order valence-electron chi connectivity index (χ1n) is 4.50. The molecule has 0 aliphatic rings. The van der Waals surface area contributed by atoms with Gasteiger partial charge in [0, 0.05) is 6.04 Å². The third-order valence-corrected chi connectivity index (χ3v) is 2.31. The lowest BCUT2D eigenvalue weighted by molar-refractivity contribution is 0.699. The van der Waals surface area contributed by atoms with Crippen LogP contribution in [0.2, 0.25) is 0 Å². The molecule has 1 unspecified atom stereocenters. The summed E-state index contributed by atoms with van der Waals surface area (Å²) < 4.78 is 0. The van der Waals surface area contributed by atoms with Gasteiger partial charge in [0.25, 0.3) is 0 Å². The minimum atomic E-state index is 0.132. The minimum absolute atomic E-state index is 0.132. The Morgan fingerprint density at radius 1 is 1.54 bits per heavy atom. The molecule has 68 valence electrons. The first-order valence-corrected chi connectivity index (χ1v) is 4.50. The summed E-state index contributed by atoms with van der Waals surface area (Å²) in [6.07, 6.45) is 2.66. The van der Waals surface area contributed by atoms with E-state index in [9.17, 15) is 0 Å². The van der Waals surface area contributed by atoms with Crippen molar-refractivity contribution in [3.63, 3.8) is 0 Å². The Morgan fingerprint density at radius 3 is 3.15 bits per heavy atom. The summed E-state index contributed by atoms with van der Waals surface area (Å²) in [6.45, 7) is 2.09. The zero-order valence-corrected chi connectivity index (χ0v) is 7.62. The van der Waals surface area contributed by atoms with Crippen LogP contribution < -0.4 is 5.73 Å².